The SMILES string of the molecule is CC(C)(C)OC(=O)N1CC(=Cc2c(F)cc(N)cc2F)C1. The molecule has 1 saturated heterocycles. The number of carbonyl (C=O) groups is 1. The molecule has 1 amide bonds. The first kappa shape index (κ1) is 15.3. The van der Waals surface area contributed by atoms with E-state index in [2.05, 4.69) is 0 Å². The third-order valence-corrected chi connectivity index (χ3v) is 2.89. The summed E-state index contributed by atoms with van der Waals surface area (Å²) in [4.78, 5) is 13.2. The lowest BCUT2D eigenvalue weighted by atomic mass is 10.0. The molecule has 1 aliphatic rings. The van der Waals surface area contributed by atoms with Crippen molar-refractivity contribution in [3.8, 4) is 0 Å². The number of carbonyl (C=O) groups excluding carboxylic acids is 1. The van der Waals surface area contributed by atoms with Crippen LogP contribution in [-0.2, 0) is 4.74 Å². The summed E-state index contributed by atoms with van der Waals surface area (Å²) in [5.41, 5.74) is 5.45. The van der Waals surface area contributed by atoms with Crippen LogP contribution in [0.2, 0.25) is 0 Å². The van der Waals surface area contributed by atoms with Crippen molar-refractivity contribution >= 4 is 17.9 Å². The second-order valence-corrected chi connectivity index (χ2v) is 6.04. The van der Waals surface area contributed by atoms with Gasteiger partial charge in [0.05, 0.1) is 0 Å². The summed E-state index contributed by atoms with van der Waals surface area (Å²) in [6, 6.07) is 2.14. The maximum absolute atomic E-state index is 13.6. The van der Waals surface area contributed by atoms with Crippen LogP contribution in [0.15, 0.2) is 17.7 Å². The molecule has 114 valence electrons. The maximum Gasteiger partial charge on any atom is 0.410 e. The molecule has 1 aromatic rings. The Kier molecular flexibility index (Phi) is 3.89. The zero-order valence-corrected chi connectivity index (χ0v) is 12.2. The Morgan fingerprint density at radius 3 is 2.29 bits per heavy atom. The lowest BCUT2D eigenvalue weighted by Crippen LogP contribution is -2.46. The van der Waals surface area contributed by atoms with Crippen LogP contribution < -0.4 is 5.73 Å². The molecule has 2 rings (SSSR count). The average Bonchev–Trinajstić information content (AvgIpc) is 2.21. The van der Waals surface area contributed by atoms with Crippen molar-refractivity contribution in [3.05, 3.63) is 34.9 Å². The third-order valence-electron chi connectivity index (χ3n) is 2.89. The molecule has 0 saturated carbocycles. The minimum absolute atomic E-state index is 0.0381. The molecule has 0 radical (unpaired) electrons. The third kappa shape index (κ3) is 3.71. The Morgan fingerprint density at radius 2 is 1.81 bits per heavy atom. The van der Waals surface area contributed by atoms with Gasteiger partial charge in [-0.15, -0.1) is 0 Å². The fraction of sp³-hybridized carbons (Fsp3) is 0.400. The van der Waals surface area contributed by atoms with Crippen LogP contribution in [0.5, 0.6) is 0 Å². The molecule has 2 N–H and O–H groups in total. The van der Waals surface area contributed by atoms with Crippen LogP contribution in [0.3, 0.4) is 0 Å². The Bertz CT molecular complexity index is 575. The molecule has 0 spiro atoms. The van der Waals surface area contributed by atoms with Gasteiger partial charge in [-0.05, 0) is 44.6 Å². The summed E-state index contributed by atoms with van der Waals surface area (Å²) >= 11 is 0. The van der Waals surface area contributed by atoms with Crippen molar-refractivity contribution in [3.63, 3.8) is 0 Å². The van der Waals surface area contributed by atoms with Gasteiger partial charge in [-0.3, -0.25) is 0 Å². The van der Waals surface area contributed by atoms with Crippen LogP contribution >= 0.6 is 0 Å². The number of nitrogens with zero attached hydrogens (tertiary/aromatic N) is 1. The average molecular weight is 296 g/mol. The minimum Gasteiger partial charge on any atom is -0.444 e. The zero-order valence-electron chi connectivity index (χ0n) is 12.2. The molecule has 0 unspecified atom stereocenters. The van der Waals surface area contributed by atoms with E-state index < -0.39 is 23.3 Å². The normalized spacial score (nSPS) is 14.7. The quantitative estimate of drug-likeness (QED) is 0.810. The van der Waals surface area contributed by atoms with Gasteiger partial charge in [-0.25, -0.2) is 13.6 Å². The van der Waals surface area contributed by atoms with Gasteiger partial charge in [-0.1, -0.05) is 0 Å². The number of hydrogen-bond acceptors (Lipinski definition) is 3. The van der Waals surface area contributed by atoms with Gasteiger partial charge < -0.3 is 15.4 Å². The highest BCUT2D eigenvalue weighted by Crippen LogP contribution is 2.24. The predicted octanol–water partition coefficient (Wildman–Crippen LogP) is 3.18. The molecular weight excluding hydrogens is 278 g/mol. The van der Waals surface area contributed by atoms with E-state index in [1.807, 2.05) is 0 Å². The van der Waals surface area contributed by atoms with E-state index in [1.54, 1.807) is 20.8 Å². The summed E-state index contributed by atoms with van der Waals surface area (Å²) in [6.45, 7) is 5.94. The van der Waals surface area contributed by atoms with E-state index in [-0.39, 0.29) is 11.3 Å². The van der Waals surface area contributed by atoms with Crippen molar-refractivity contribution in [2.24, 2.45) is 0 Å². The van der Waals surface area contributed by atoms with Gasteiger partial charge >= 0.3 is 6.09 Å². The number of hydrogen-bond donors (Lipinski definition) is 1. The summed E-state index contributed by atoms with van der Waals surface area (Å²) < 4.78 is 32.5. The first-order valence-electron chi connectivity index (χ1n) is 6.57. The number of ether oxygens (including phenoxy) is 1. The second kappa shape index (κ2) is 5.35. The van der Waals surface area contributed by atoms with Crippen molar-refractivity contribution < 1.29 is 18.3 Å². The Balaban J connectivity index is 2.03. The highest BCUT2D eigenvalue weighted by molar-refractivity contribution is 5.72. The molecule has 6 heteroatoms. The van der Waals surface area contributed by atoms with Crippen LogP contribution in [-0.4, -0.2) is 29.7 Å². The standard InChI is InChI=1S/C15H18F2N2O2/c1-15(2,3)21-14(20)19-7-9(8-19)4-11-12(16)5-10(18)6-13(11)17/h4-6H,7-8,18H2,1-3H3. The molecule has 1 fully saturated rings. The van der Waals surface area contributed by atoms with Crippen molar-refractivity contribution in [1.82, 2.24) is 4.90 Å². The van der Waals surface area contributed by atoms with E-state index in [0.717, 1.165) is 17.7 Å². The zero-order chi connectivity index (χ0) is 15.8. The van der Waals surface area contributed by atoms with Gasteiger partial charge in [0.25, 0.3) is 0 Å². The largest absolute Gasteiger partial charge is 0.444 e. The fourth-order valence-corrected chi connectivity index (χ4v) is 1.94. The first-order chi connectivity index (χ1) is 9.65. The van der Waals surface area contributed by atoms with E-state index in [9.17, 15) is 13.6 Å². The number of rotatable bonds is 1. The molecular formula is C15H18F2N2O2. The van der Waals surface area contributed by atoms with Crippen LogP contribution in [0.4, 0.5) is 19.3 Å². The molecule has 4 nitrogen and oxygen atoms in total. The topological polar surface area (TPSA) is 55.6 Å². The van der Waals surface area contributed by atoms with E-state index in [1.165, 1.54) is 11.0 Å². The van der Waals surface area contributed by atoms with E-state index in [0.29, 0.717) is 13.1 Å². The fourth-order valence-electron chi connectivity index (χ4n) is 1.94. The summed E-state index contributed by atoms with van der Waals surface area (Å²) in [5, 5.41) is 0. The summed E-state index contributed by atoms with van der Waals surface area (Å²) in [5.74, 6) is -1.42. The predicted molar refractivity (Wildman–Crippen MR) is 76.6 cm³/mol. The van der Waals surface area contributed by atoms with E-state index in [4.69, 9.17) is 10.5 Å². The second-order valence-electron chi connectivity index (χ2n) is 6.04. The number of halogens is 2. The van der Waals surface area contributed by atoms with Gasteiger partial charge in [0.2, 0.25) is 0 Å². The molecule has 0 bridgehead atoms. The lowest BCUT2D eigenvalue weighted by molar-refractivity contribution is 0.0216. The highest BCUT2D eigenvalue weighted by Gasteiger charge is 2.29. The number of anilines is 1. The lowest BCUT2D eigenvalue weighted by Gasteiger charge is -2.35. The van der Waals surface area contributed by atoms with Crippen molar-refractivity contribution in [2.75, 3.05) is 18.8 Å². The van der Waals surface area contributed by atoms with Gasteiger partial charge in [0.15, 0.2) is 0 Å². The van der Waals surface area contributed by atoms with Crippen LogP contribution in [0.1, 0.15) is 26.3 Å². The Morgan fingerprint density at radius 1 is 1.29 bits per heavy atom. The number of amides is 1. The van der Waals surface area contributed by atoms with Gasteiger partial charge in [0, 0.05) is 24.3 Å². The molecule has 0 aliphatic carbocycles. The Labute approximate surface area is 122 Å². The van der Waals surface area contributed by atoms with Crippen LogP contribution in [0.25, 0.3) is 6.08 Å². The number of nitrogens with two attached hydrogens (primary N) is 1. The maximum atomic E-state index is 13.6. The Hall–Kier alpha value is -2.11. The molecule has 0 atom stereocenters. The molecule has 21 heavy (non-hydrogen) atoms. The first-order valence-corrected chi connectivity index (χ1v) is 6.57. The molecule has 1 aromatic carbocycles. The molecule has 1 heterocycles. The monoisotopic (exact) mass is 296 g/mol. The van der Waals surface area contributed by atoms with E-state index >= 15 is 0 Å². The summed E-state index contributed by atoms with van der Waals surface area (Å²) in [7, 11) is 0. The van der Waals surface area contributed by atoms with Crippen molar-refractivity contribution in [1.29, 1.82) is 0 Å². The van der Waals surface area contributed by atoms with Gasteiger partial charge in [0.1, 0.15) is 17.2 Å². The van der Waals surface area contributed by atoms with Crippen molar-refractivity contribution in [2.45, 2.75) is 26.4 Å². The van der Waals surface area contributed by atoms with Crippen LogP contribution in [0, 0.1) is 11.6 Å². The summed E-state index contributed by atoms with van der Waals surface area (Å²) in [6.07, 6.45) is 0.975. The van der Waals surface area contributed by atoms with Gasteiger partial charge in [-0.2, -0.15) is 0 Å². The molecule has 0 aromatic heterocycles. The number of nitrogen functional groups attached to an aromatic ring is 1. The minimum atomic E-state index is -0.712. The smallest absolute Gasteiger partial charge is 0.410 e. The molecule has 1 aliphatic heterocycles. The number of benzene rings is 1. The highest BCUT2D eigenvalue weighted by atomic mass is 19.1. The number of likely N-dealkylation sites (tertiary alicyclic amines) is 1.